The van der Waals surface area contributed by atoms with Crippen LogP contribution in [0.5, 0.6) is 0 Å². The Morgan fingerprint density at radius 2 is 2.00 bits per heavy atom. The van der Waals surface area contributed by atoms with Crippen LogP contribution in [0, 0.1) is 6.92 Å². The summed E-state index contributed by atoms with van der Waals surface area (Å²) in [7, 11) is 0. The van der Waals surface area contributed by atoms with E-state index in [1.54, 1.807) is 0 Å². The van der Waals surface area contributed by atoms with Crippen LogP contribution in [0.4, 0.5) is 0 Å². The molecule has 0 spiro atoms. The van der Waals surface area contributed by atoms with Gasteiger partial charge in [0.2, 0.25) is 0 Å². The molecule has 2 nitrogen and oxygen atoms in total. The summed E-state index contributed by atoms with van der Waals surface area (Å²) in [6.45, 7) is 2.00. The minimum absolute atomic E-state index is 0. The largest absolute Gasteiger partial charge is 0.394 e. The number of nitrogens with two attached hydrogens (primary N) is 1. The van der Waals surface area contributed by atoms with E-state index in [2.05, 4.69) is 0 Å². The highest BCUT2D eigenvalue weighted by Gasteiger charge is 2.04. The zero-order valence-corrected chi connectivity index (χ0v) is 7.84. The number of benzene rings is 1. The second-order valence-corrected chi connectivity index (χ2v) is 2.65. The summed E-state index contributed by atoms with van der Waals surface area (Å²) in [4.78, 5) is 0. The van der Waals surface area contributed by atoms with Gasteiger partial charge in [-0.1, -0.05) is 24.3 Å². The van der Waals surface area contributed by atoms with Crippen molar-refractivity contribution >= 4 is 12.4 Å². The second kappa shape index (κ2) is 5.14. The first-order valence-corrected chi connectivity index (χ1v) is 3.67. The van der Waals surface area contributed by atoms with Crippen molar-refractivity contribution in [3.05, 3.63) is 35.4 Å². The summed E-state index contributed by atoms with van der Waals surface area (Å²) in [5.41, 5.74) is 7.80. The van der Waals surface area contributed by atoms with E-state index in [-0.39, 0.29) is 25.1 Å². The van der Waals surface area contributed by atoms with Gasteiger partial charge in [0.05, 0.1) is 12.6 Å². The van der Waals surface area contributed by atoms with Gasteiger partial charge in [0.1, 0.15) is 0 Å². The van der Waals surface area contributed by atoms with Crippen molar-refractivity contribution in [2.24, 2.45) is 5.73 Å². The van der Waals surface area contributed by atoms with Crippen molar-refractivity contribution < 1.29 is 5.11 Å². The van der Waals surface area contributed by atoms with Crippen molar-refractivity contribution in [2.75, 3.05) is 6.61 Å². The van der Waals surface area contributed by atoms with Crippen molar-refractivity contribution in [1.29, 1.82) is 0 Å². The van der Waals surface area contributed by atoms with E-state index in [1.165, 1.54) is 0 Å². The SMILES string of the molecule is Cc1ccccc1[C@H](N)CO.Cl. The fourth-order valence-corrected chi connectivity index (χ4v) is 1.10. The van der Waals surface area contributed by atoms with Gasteiger partial charge in [0, 0.05) is 0 Å². The summed E-state index contributed by atoms with van der Waals surface area (Å²) in [6, 6.07) is 7.58. The summed E-state index contributed by atoms with van der Waals surface area (Å²) < 4.78 is 0. The molecular weight excluding hydrogens is 174 g/mol. The first kappa shape index (κ1) is 11.4. The molecule has 1 aromatic carbocycles. The first-order valence-electron chi connectivity index (χ1n) is 3.67. The van der Waals surface area contributed by atoms with Gasteiger partial charge in [-0.05, 0) is 18.1 Å². The Balaban J connectivity index is 0.00000121. The molecule has 12 heavy (non-hydrogen) atoms. The van der Waals surface area contributed by atoms with Crippen LogP contribution in [0.1, 0.15) is 17.2 Å². The summed E-state index contributed by atoms with van der Waals surface area (Å²) in [5, 5.41) is 8.79. The summed E-state index contributed by atoms with van der Waals surface area (Å²) in [5.74, 6) is 0. The van der Waals surface area contributed by atoms with Crippen LogP contribution in [0.3, 0.4) is 0 Å². The third-order valence-corrected chi connectivity index (χ3v) is 1.78. The molecule has 0 saturated heterocycles. The number of aliphatic hydroxyl groups excluding tert-OH is 1. The molecule has 0 fully saturated rings. The molecule has 3 heteroatoms. The molecular formula is C9H14ClNO. The molecule has 0 aliphatic rings. The topological polar surface area (TPSA) is 46.2 Å². The van der Waals surface area contributed by atoms with Gasteiger partial charge in [-0.2, -0.15) is 0 Å². The van der Waals surface area contributed by atoms with E-state index < -0.39 is 0 Å². The number of rotatable bonds is 2. The van der Waals surface area contributed by atoms with Gasteiger partial charge in [-0.15, -0.1) is 12.4 Å². The third-order valence-electron chi connectivity index (χ3n) is 1.78. The zero-order chi connectivity index (χ0) is 8.27. The lowest BCUT2D eigenvalue weighted by atomic mass is 10.0. The minimum Gasteiger partial charge on any atom is -0.394 e. The van der Waals surface area contributed by atoms with Gasteiger partial charge in [0.25, 0.3) is 0 Å². The smallest absolute Gasteiger partial charge is 0.0624 e. The molecule has 0 unspecified atom stereocenters. The van der Waals surface area contributed by atoms with Crippen molar-refractivity contribution in [3.8, 4) is 0 Å². The summed E-state index contributed by atoms with van der Waals surface area (Å²) >= 11 is 0. The minimum atomic E-state index is -0.240. The van der Waals surface area contributed by atoms with Crippen molar-refractivity contribution in [1.82, 2.24) is 0 Å². The highest BCUT2D eigenvalue weighted by molar-refractivity contribution is 5.85. The van der Waals surface area contributed by atoms with E-state index in [0.29, 0.717) is 0 Å². The van der Waals surface area contributed by atoms with E-state index >= 15 is 0 Å². The molecule has 3 N–H and O–H groups in total. The van der Waals surface area contributed by atoms with Gasteiger partial charge >= 0.3 is 0 Å². The predicted octanol–water partition coefficient (Wildman–Crippen LogP) is 1.41. The Kier molecular flexibility index (Phi) is 4.90. The molecule has 1 rings (SSSR count). The van der Waals surface area contributed by atoms with E-state index in [4.69, 9.17) is 10.8 Å². The van der Waals surface area contributed by atoms with E-state index in [1.807, 2.05) is 31.2 Å². The quantitative estimate of drug-likeness (QED) is 0.736. The van der Waals surface area contributed by atoms with Crippen molar-refractivity contribution in [3.63, 3.8) is 0 Å². The molecule has 68 valence electrons. The van der Waals surface area contributed by atoms with Crippen LogP contribution in [-0.4, -0.2) is 11.7 Å². The number of hydrogen-bond donors (Lipinski definition) is 2. The van der Waals surface area contributed by atoms with Crippen LogP contribution in [-0.2, 0) is 0 Å². The molecule has 0 amide bonds. The number of hydrogen-bond acceptors (Lipinski definition) is 2. The van der Waals surface area contributed by atoms with Gasteiger partial charge in [0.15, 0.2) is 0 Å². The standard InChI is InChI=1S/C9H13NO.ClH/c1-7-4-2-3-5-8(7)9(10)6-11;/h2-5,9,11H,6,10H2,1H3;1H/t9-;/m1./s1. The predicted molar refractivity (Wildman–Crippen MR) is 52.4 cm³/mol. The maximum Gasteiger partial charge on any atom is 0.0624 e. The molecule has 0 aliphatic carbocycles. The Labute approximate surface area is 78.8 Å². The number of aliphatic hydroxyl groups is 1. The van der Waals surface area contributed by atoms with Gasteiger partial charge < -0.3 is 10.8 Å². The average molecular weight is 188 g/mol. The van der Waals surface area contributed by atoms with Gasteiger partial charge in [-0.25, -0.2) is 0 Å². The number of halogens is 1. The lowest BCUT2D eigenvalue weighted by molar-refractivity contribution is 0.267. The molecule has 1 aromatic rings. The molecule has 0 saturated carbocycles. The molecule has 0 aliphatic heterocycles. The lowest BCUT2D eigenvalue weighted by Gasteiger charge is -2.10. The monoisotopic (exact) mass is 187 g/mol. The Hall–Kier alpha value is -0.570. The van der Waals surface area contributed by atoms with Crippen LogP contribution >= 0.6 is 12.4 Å². The average Bonchev–Trinajstić information content (AvgIpc) is 2.04. The number of aryl methyl sites for hydroxylation is 1. The maximum atomic E-state index is 8.79. The highest BCUT2D eigenvalue weighted by atomic mass is 35.5. The maximum absolute atomic E-state index is 8.79. The van der Waals surface area contributed by atoms with Gasteiger partial charge in [-0.3, -0.25) is 0 Å². The fourth-order valence-electron chi connectivity index (χ4n) is 1.10. The van der Waals surface area contributed by atoms with Crippen molar-refractivity contribution in [2.45, 2.75) is 13.0 Å². The molecule has 0 heterocycles. The van der Waals surface area contributed by atoms with E-state index in [0.717, 1.165) is 11.1 Å². The first-order chi connectivity index (χ1) is 5.25. The summed E-state index contributed by atoms with van der Waals surface area (Å²) in [6.07, 6.45) is 0. The molecule has 0 bridgehead atoms. The van der Waals surface area contributed by atoms with Crippen LogP contribution in [0.25, 0.3) is 0 Å². The normalized spacial score (nSPS) is 11.9. The van der Waals surface area contributed by atoms with Crippen LogP contribution in [0.2, 0.25) is 0 Å². The van der Waals surface area contributed by atoms with Crippen LogP contribution < -0.4 is 5.73 Å². The Bertz CT molecular complexity index is 240. The Morgan fingerprint density at radius 1 is 1.42 bits per heavy atom. The molecule has 0 radical (unpaired) electrons. The lowest BCUT2D eigenvalue weighted by Crippen LogP contribution is -2.15. The third kappa shape index (κ3) is 2.48. The Morgan fingerprint density at radius 3 is 2.50 bits per heavy atom. The molecule has 1 atom stereocenters. The zero-order valence-electron chi connectivity index (χ0n) is 7.03. The fraction of sp³-hybridized carbons (Fsp3) is 0.333. The highest BCUT2D eigenvalue weighted by Crippen LogP contribution is 2.13. The van der Waals surface area contributed by atoms with E-state index in [9.17, 15) is 0 Å². The second-order valence-electron chi connectivity index (χ2n) is 2.65. The van der Waals surface area contributed by atoms with Crippen LogP contribution in [0.15, 0.2) is 24.3 Å². The molecule has 0 aromatic heterocycles.